The lowest BCUT2D eigenvalue weighted by molar-refractivity contribution is -0.384. The third-order valence-corrected chi connectivity index (χ3v) is 17.5. The van der Waals surface area contributed by atoms with Gasteiger partial charge in [-0.15, -0.1) is 0 Å². The number of hydrogen-bond acceptors (Lipinski definition) is 14. The number of allylic oxidation sites excluding steroid dienone is 1. The number of nitro benzene ring substituents is 1. The lowest BCUT2D eigenvalue weighted by Crippen LogP contribution is -2.54. The van der Waals surface area contributed by atoms with Crippen molar-refractivity contribution in [2.45, 2.75) is 62.3 Å². The number of ether oxygens (including phenoxy) is 3. The molecule has 72 heavy (non-hydrogen) atoms. The number of rotatable bonds is 13. The number of anilines is 4. The molecule has 4 saturated heterocycles. The zero-order chi connectivity index (χ0) is 49.4. The zero-order valence-electron chi connectivity index (χ0n) is 40.5. The van der Waals surface area contributed by atoms with Gasteiger partial charge in [-0.3, -0.25) is 24.7 Å². The average molecular weight is 1020 g/mol. The fraction of sp³-hybridized carbons (Fsp3) is 0.472. The summed E-state index contributed by atoms with van der Waals surface area (Å²) in [4.78, 5) is 43.2. The fourth-order valence-electron chi connectivity index (χ4n) is 11.6. The van der Waals surface area contributed by atoms with Gasteiger partial charge in [-0.05, 0) is 142 Å². The van der Waals surface area contributed by atoms with E-state index < -0.39 is 31.4 Å². The van der Waals surface area contributed by atoms with Crippen molar-refractivity contribution >= 4 is 72.6 Å². The maximum absolute atomic E-state index is 14.5. The third-order valence-electron chi connectivity index (χ3n) is 15.9. The van der Waals surface area contributed by atoms with Crippen LogP contribution in [0.2, 0.25) is 5.02 Å². The van der Waals surface area contributed by atoms with Gasteiger partial charge < -0.3 is 34.3 Å². The largest absolute Gasteiger partial charge is 0.476 e. The number of aromatic amines is 1. The van der Waals surface area contributed by atoms with E-state index in [2.05, 4.69) is 41.9 Å². The van der Waals surface area contributed by atoms with Gasteiger partial charge in [0, 0.05) is 87.4 Å². The van der Waals surface area contributed by atoms with Gasteiger partial charge in [0.05, 0.1) is 46.9 Å². The van der Waals surface area contributed by atoms with E-state index in [1.54, 1.807) is 12.3 Å². The molecule has 1 amide bonds. The molecule has 0 unspecified atom stereocenters. The Kier molecular flexibility index (Phi) is 13.9. The minimum atomic E-state index is -4.58. The van der Waals surface area contributed by atoms with Crippen molar-refractivity contribution in [3.8, 4) is 5.88 Å². The Labute approximate surface area is 425 Å². The normalized spacial score (nSPS) is 20.5. The van der Waals surface area contributed by atoms with Gasteiger partial charge in [-0.1, -0.05) is 29.3 Å². The molecule has 0 atom stereocenters. The summed E-state index contributed by atoms with van der Waals surface area (Å²) < 4.78 is 47.5. The number of fused-ring (bicyclic) bond motifs is 2. The number of nitrogens with zero attached hydrogens (tertiary/aromatic N) is 6. The number of carbonyl (C=O) groups is 1. The van der Waals surface area contributed by atoms with Crippen molar-refractivity contribution in [1.82, 2.24) is 24.5 Å². The monoisotopic (exact) mass is 1020 g/mol. The first-order chi connectivity index (χ1) is 35.0. The fourth-order valence-corrected chi connectivity index (χ4v) is 12.7. The van der Waals surface area contributed by atoms with E-state index in [0.29, 0.717) is 73.7 Å². The summed E-state index contributed by atoms with van der Waals surface area (Å²) in [6, 6.07) is 22.0. The molecule has 0 saturated carbocycles. The van der Waals surface area contributed by atoms with Crippen LogP contribution in [0.15, 0.2) is 89.5 Å². The molecule has 1 spiro atoms. The van der Waals surface area contributed by atoms with Crippen LogP contribution in [0.3, 0.4) is 0 Å². The lowest BCUT2D eigenvalue weighted by atomic mass is 9.65. The van der Waals surface area contributed by atoms with E-state index in [1.165, 1.54) is 48.1 Å². The van der Waals surface area contributed by atoms with Gasteiger partial charge >= 0.3 is 0 Å². The van der Waals surface area contributed by atoms with Crippen LogP contribution in [-0.2, 0) is 19.5 Å². The summed E-state index contributed by atoms with van der Waals surface area (Å²) in [7, 11) is -4.58. The number of amides is 1. The summed E-state index contributed by atoms with van der Waals surface area (Å²) in [5, 5.41) is 17.0. The molecule has 0 radical (unpaired) electrons. The van der Waals surface area contributed by atoms with Gasteiger partial charge in [-0.2, -0.15) is 4.98 Å². The van der Waals surface area contributed by atoms with Crippen LogP contribution < -0.4 is 24.6 Å². The molecule has 11 rings (SSSR count). The molecular formula is C53H62ClN9O8S. The number of aromatic nitrogens is 2. The number of likely N-dealkylation sites (tertiary alicyclic amines) is 1. The predicted octanol–water partition coefficient (Wildman–Crippen LogP) is 8.24. The quantitative estimate of drug-likeness (QED) is 0.0756. The van der Waals surface area contributed by atoms with E-state index >= 15 is 0 Å². The van der Waals surface area contributed by atoms with Crippen LogP contribution in [0.4, 0.5) is 28.4 Å². The second-order valence-corrected chi connectivity index (χ2v) is 22.5. The Morgan fingerprint density at radius 3 is 2.43 bits per heavy atom. The SMILES string of the molecule is O=C(NS(=O)(=O)c1ccc(NCC2CCOCC2)c([N+](=O)[O-])c1)c1ccc(N2CCN(CC3=C(c4ccc(Cl)cc4)CCC4(CCN(C5COC5)CC4)C3)CC2)cc1N1CCCOc2nc3[nH]ccc3cc21. The Morgan fingerprint density at radius 2 is 1.68 bits per heavy atom. The summed E-state index contributed by atoms with van der Waals surface area (Å²) >= 11 is 6.37. The minimum Gasteiger partial charge on any atom is -0.476 e. The van der Waals surface area contributed by atoms with Crippen LogP contribution in [0.25, 0.3) is 16.6 Å². The maximum Gasteiger partial charge on any atom is 0.293 e. The summed E-state index contributed by atoms with van der Waals surface area (Å²) in [6.07, 6.45) is 9.84. The Bertz CT molecular complexity index is 2960. The van der Waals surface area contributed by atoms with Crippen LogP contribution in [-0.4, -0.2) is 137 Å². The van der Waals surface area contributed by atoms with Crippen molar-refractivity contribution in [3.05, 3.63) is 111 Å². The number of nitro groups is 1. The first-order valence-electron chi connectivity index (χ1n) is 25.4. The maximum atomic E-state index is 14.5. The summed E-state index contributed by atoms with van der Waals surface area (Å²) in [5.74, 6) is -0.202. The van der Waals surface area contributed by atoms with Gasteiger partial charge in [0.25, 0.3) is 21.6 Å². The van der Waals surface area contributed by atoms with Gasteiger partial charge in [-0.25, -0.2) is 13.1 Å². The number of sulfonamides is 1. The Hall–Kier alpha value is -5.76. The summed E-state index contributed by atoms with van der Waals surface area (Å²) in [6.45, 7) is 10.6. The van der Waals surface area contributed by atoms with Crippen molar-refractivity contribution in [3.63, 3.8) is 0 Å². The predicted molar refractivity (Wildman–Crippen MR) is 278 cm³/mol. The molecule has 3 N–H and O–H groups in total. The van der Waals surface area contributed by atoms with Gasteiger partial charge in [0.15, 0.2) is 0 Å². The zero-order valence-corrected chi connectivity index (χ0v) is 42.0. The molecule has 5 aliphatic heterocycles. The van der Waals surface area contributed by atoms with Crippen LogP contribution in [0.1, 0.15) is 67.3 Å². The van der Waals surface area contributed by atoms with Gasteiger partial charge in [0.1, 0.15) is 17.0 Å². The molecule has 1 aliphatic carbocycles. The number of pyridine rings is 1. The smallest absolute Gasteiger partial charge is 0.293 e. The number of nitrogens with one attached hydrogen (secondary N) is 3. The standard InChI is InChI=1S/C53H62ClN9O8S/c54-40-4-2-37(3-5-40)44-10-14-53(15-19-60(20-16-53)42-34-70-35-42)31-39(44)33-59-21-23-61(24-22-59)41-6-8-45(47(29-41)62-18-1-25-71-52-49(62)28-38-11-17-55-50(38)57-52)51(64)58-72(67,68)43-7-9-46(48(30-43)63(65)66)56-32-36-12-26-69-27-13-36/h2-9,11,17,28-30,36,42,56H,1,10,12-16,18-27,31-35H2,(H,55,57)(H,58,64). The van der Waals surface area contributed by atoms with Crippen LogP contribution in [0, 0.1) is 21.4 Å². The average Bonchev–Trinajstić information content (AvgIpc) is 3.74. The number of hydrogen-bond donors (Lipinski definition) is 3. The van der Waals surface area contributed by atoms with Crippen LogP contribution >= 0.6 is 11.6 Å². The Morgan fingerprint density at radius 1 is 0.889 bits per heavy atom. The highest BCUT2D eigenvalue weighted by molar-refractivity contribution is 7.90. The highest BCUT2D eigenvalue weighted by Gasteiger charge is 2.41. The number of H-pyrrole nitrogens is 1. The Balaban J connectivity index is 0.848. The van der Waals surface area contributed by atoms with E-state index in [4.69, 9.17) is 30.8 Å². The first-order valence-corrected chi connectivity index (χ1v) is 27.3. The van der Waals surface area contributed by atoms with Crippen molar-refractivity contribution in [2.75, 3.05) is 107 Å². The van der Waals surface area contributed by atoms with E-state index in [-0.39, 0.29) is 17.2 Å². The molecule has 2 aromatic heterocycles. The van der Waals surface area contributed by atoms with E-state index in [1.807, 2.05) is 41.3 Å². The molecule has 4 fully saturated rings. The highest BCUT2D eigenvalue weighted by atomic mass is 35.5. The molecule has 6 aliphatic rings. The molecule has 19 heteroatoms. The number of piperazine rings is 1. The van der Waals surface area contributed by atoms with Crippen LogP contribution in [0.5, 0.6) is 5.88 Å². The second kappa shape index (κ2) is 20.6. The van der Waals surface area contributed by atoms with E-state index in [0.717, 1.165) is 107 Å². The first kappa shape index (κ1) is 48.5. The molecule has 5 aromatic rings. The molecule has 3 aromatic carbocycles. The van der Waals surface area contributed by atoms with Crippen molar-refractivity contribution in [2.24, 2.45) is 11.3 Å². The van der Waals surface area contributed by atoms with Gasteiger partial charge in [0.2, 0.25) is 5.88 Å². The minimum absolute atomic E-state index is 0.118. The second-order valence-electron chi connectivity index (χ2n) is 20.3. The number of carbonyl (C=O) groups excluding carboxylic acids is 1. The molecule has 380 valence electrons. The molecule has 0 bridgehead atoms. The summed E-state index contributed by atoms with van der Waals surface area (Å²) in [5.41, 5.74) is 7.18. The third kappa shape index (κ3) is 10.3. The molecule has 7 heterocycles. The number of benzene rings is 3. The topological polar surface area (TPSA) is 188 Å². The molecule has 17 nitrogen and oxygen atoms in total. The highest BCUT2D eigenvalue weighted by Crippen LogP contribution is 2.50. The van der Waals surface area contributed by atoms with E-state index in [9.17, 15) is 23.3 Å². The number of piperidine rings is 1. The number of halogens is 1. The lowest BCUT2D eigenvalue weighted by Gasteiger charge is -2.49. The van der Waals surface area contributed by atoms with Crippen molar-refractivity contribution in [1.29, 1.82) is 0 Å². The van der Waals surface area contributed by atoms with Crippen molar-refractivity contribution < 1.29 is 32.3 Å². The molecular weight excluding hydrogens is 958 g/mol.